The molecule has 0 aliphatic carbocycles. The largest absolute Gasteiger partial charge is 0.497 e. The van der Waals surface area contributed by atoms with Gasteiger partial charge in [-0.25, -0.2) is 13.8 Å². The Bertz CT molecular complexity index is 1050. The molecule has 0 aliphatic rings. The molecule has 35 heavy (non-hydrogen) atoms. The molecule has 0 aliphatic heterocycles. The molecule has 11 heteroatoms. The van der Waals surface area contributed by atoms with Crippen LogP contribution in [0.2, 0.25) is 0 Å². The molecule has 0 spiro atoms. The van der Waals surface area contributed by atoms with Crippen LogP contribution in [-0.2, 0) is 13.1 Å². The number of benzene rings is 2. The van der Waals surface area contributed by atoms with E-state index in [0.717, 1.165) is 24.4 Å². The Labute approximate surface area is 199 Å². The van der Waals surface area contributed by atoms with Crippen LogP contribution in [0.25, 0.3) is 0 Å². The van der Waals surface area contributed by atoms with Gasteiger partial charge in [0.15, 0.2) is 6.10 Å². The summed E-state index contributed by atoms with van der Waals surface area (Å²) >= 11 is 0. The maximum absolute atomic E-state index is 13.8. The van der Waals surface area contributed by atoms with E-state index in [9.17, 15) is 22.7 Å². The molecule has 1 N–H and O–H groups in total. The van der Waals surface area contributed by atoms with Crippen molar-refractivity contribution in [2.45, 2.75) is 31.5 Å². The maximum atomic E-state index is 13.8. The van der Waals surface area contributed by atoms with Gasteiger partial charge in [-0.15, -0.1) is 0 Å². The fraction of sp³-hybridized carbons (Fsp3) is 0.333. The Balaban J connectivity index is 1.97. The number of hydrogen-bond acceptors (Lipinski definition) is 7. The van der Waals surface area contributed by atoms with Gasteiger partial charge in [-0.1, -0.05) is 24.3 Å². The second-order valence-electron chi connectivity index (χ2n) is 7.56. The van der Waals surface area contributed by atoms with Crippen LogP contribution in [0, 0.1) is 0 Å². The molecular weight excluding hydrogens is 470 g/mol. The zero-order chi connectivity index (χ0) is 25.6. The third-order valence-corrected chi connectivity index (χ3v) is 5.26. The van der Waals surface area contributed by atoms with Crippen LogP contribution in [-0.4, -0.2) is 48.8 Å². The molecule has 0 saturated heterocycles. The van der Waals surface area contributed by atoms with Crippen molar-refractivity contribution >= 4 is 5.95 Å². The summed E-state index contributed by atoms with van der Waals surface area (Å²) in [6, 6.07) is 14.5. The number of aliphatic hydroxyl groups excluding tert-OH is 1. The number of hydrogen-bond donors (Lipinski definition) is 1. The fourth-order valence-corrected chi connectivity index (χ4v) is 3.30. The summed E-state index contributed by atoms with van der Waals surface area (Å²) in [5.74, 6) is -3.70. The van der Waals surface area contributed by atoms with E-state index < -0.39 is 29.9 Å². The van der Waals surface area contributed by atoms with Gasteiger partial charge >= 0.3 is 12.3 Å². The highest BCUT2D eigenvalue weighted by atomic mass is 19.3. The van der Waals surface area contributed by atoms with Gasteiger partial charge in [-0.3, -0.25) is 0 Å². The summed E-state index contributed by atoms with van der Waals surface area (Å²) in [4.78, 5) is 9.98. The van der Waals surface area contributed by atoms with Gasteiger partial charge < -0.3 is 24.2 Å². The van der Waals surface area contributed by atoms with Crippen LogP contribution in [0.3, 0.4) is 0 Å². The van der Waals surface area contributed by atoms with E-state index in [1.54, 1.807) is 43.4 Å². The molecule has 2 aromatic carbocycles. The smallest absolute Gasteiger partial charge is 0.336 e. The molecule has 188 valence electrons. The Morgan fingerprint density at radius 3 is 1.74 bits per heavy atom. The molecule has 0 bridgehead atoms. The molecule has 1 atom stereocenters. The van der Waals surface area contributed by atoms with Gasteiger partial charge in [0.25, 0.3) is 0 Å². The van der Waals surface area contributed by atoms with Crippen LogP contribution in [0.1, 0.15) is 22.8 Å². The second-order valence-corrected chi connectivity index (χ2v) is 7.56. The van der Waals surface area contributed by atoms with Crippen LogP contribution >= 0.6 is 0 Å². The van der Waals surface area contributed by atoms with Gasteiger partial charge in [-0.05, 0) is 35.4 Å². The number of ether oxygens (including phenoxy) is 3. The lowest BCUT2D eigenvalue weighted by Gasteiger charge is -2.26. The monoisotopic (exact) mass is 495 g/mol. The maximum Gasteiger partial charge on any atom is 0.336 e. The van der Waals surface area contributed by atoms with E-state index >= 15 is 0 Å². The predicted molar refractivity (Wildman–Crippen MR) is 120 cm³/mol. The molecule has 3 aromatic rings. The number of rotatable bonds is 11. The summed E-state index contributed by atoms with van der Waals surface area (Å²) < 4.78 is 68.5. The lowest BCUT2D eigenvalue weighted by molar-refractivity contribution is -0.194. The SMILES string of the molecule is COc1ccc(CN(Cc2ccc(OC)cc2)c2ncc(C(O)C(F)(F)C(F)F)c(OC)n2)cc1. The molecule has 0 radical (unpaired) electrons. The standard InChI is InChI=1S/C24H25F4N3O4/c1-33-17-8-4-15(5-9-17)13-31(14-16-6-10-18(34-2)11-7-16)23-29-12-19(21(30-23)35-3)20(32)24(27,28)22(25)26/h4-12,20,22,32H,13-14H2,1-3H3. The molecule has 0 fully saturated rings. The van der Waals surface area contributed by atoms with Gasteiger partial charge in [0.05, 0.1) is 26.9 Å². The quantitative estimate of drug-likeness (QED) is 0.388. The van der Waals surface area contributed by atoms with Crippen LogP contribution in [0.5, 0.6) is 17.4 Å². The van der Waals surface area contributed by atoms with E-state index in [1.807, 2.05) is 24.3 Å². The fourth-order valence-electron chi connectivity index (χ4n) is 3.30. The van der Waals surface area contributed by atoms with Crippen molar-refractivity contribution < 1.29 is 36.9 Å². The molecule has 7 nitrogen and oxygen atoms in total. The van der Waals surface area contributed by atoms with Crippen molar-refractivity contribution in [1.29, 1.82) is 0 Å². The first-order valence-corrected chi connectivity index (χ1v) is 10.4. The topological polar surface area (TPSA) is 76.9 Å². The normalized spacial score (nSPS) is 12.4. The average Bonchev–Trinajstić information content (AvgIpc) is 2.88. The number of aliphatic hydroxyl groups is 1. The highest BCUT2D eigenvalue weighted by molar-refractivity contribution is 5.41. The van der Waals surface area contributed by atoms with Crippen molar-refractivity contribution in [3.8, 4) is 17.4 Å². The van der Waals surface area contributed by atoms with Crippen molar-refractivity contribution in [2.75, 3.05) is 26.2 Å². The van der Waals surface area contributed by atoms with Crippen LogP contribution in [0.4, 0.5) is 23.5 Å². The number of halogens is 4. The molecule has 0 saturated carbocycles. The number of alkyl halides is 4. The number of aromatic nitrogens is 2. The summed E-state index contributed by atoms with van der Waals surface area (Å²) in [5, 5.41) is 9.90. The number of nitrogens with zero attached hydrogens (tertiary/aromatic N) is 3. The molecule has 1 unspecified atom stereocenters. The summed E-state index contributed by atoms with van der Waals surface area (Å²) in [6.45, 7) is 0.628. The first-order chi connectivity index (χ1) is 16.7. The van der Waals surface area contributed by atoms with E-state index in [1.165, 1.54) is 0 Å². The van der Waals surface area contributed by atoms with Gasteiger partial charge in [0.2, 0.25) is 11.8 Å². The molecular formula is C24H25F4N3O4. The first-order valence-electron chi connectivity index (χ1n) is 10.4. The Kier molecular flexibility index (Phi) is 8.34. The minimum atomic E-state index is -4.70. The Hall–Kier alpha value is -3.60. The zero-order valence-electron chi connectivity index (χ0n) is 19.3. The molecule has 3 rings (SSSR count). The summed E-state index contributed by atoms with van der Waals surface area (Å²) in [5.41, 5.74) is 1.10. The van der Waals surface area contributed by atoms with Crippen LogP contribution in [0.15, 0.2) is 54.7 Å². The minimum absolute atomic E-state index is 0.0878. The van der Waals surface area contributed by atoms with Crippen molar-refractivity contribution in [2.24, 2.45) is 0 Å². The Morgan fingerprint density at radius 1 is 0.857 bits per heavy atom. The lowest BCUT2D eigenvalue weighted by Crippen LogP contribution is -2.35. The third kappa shape index (κ3) is 6.10. The highest BCUT2D eigenvalue weighted by Crippen LogP contribution is 2.39. The number of methoxy groups -OCH3 is 3. The van der Waals surface area contributed by atoms with Gasteiger partial charge in [0.1, 0.15) is 11.5 Å². The Morgan fingerprint density at radius 2 is 1.34 bits per heavy atom. The molecule has 0 amide bonds. The zero-order valence-corrected chi connectivity index (χ0v) is 19.3. The second kappa shape index (κ2) is 11.2. The molecule has 1 aromatic heterocycles. The first kappa shape index (κ1) is 26.0. The average molecular weight is 495 g/mol. The third-order valence-electron chi connectivity index (χ3n) is 5.26. The van der Waals surface area contributed by atoms with E-state index in [4.69, 9.17) is 14.2 Å². The van der Waals surface area contributed by atoms with Crippen molar-refractivity contribution in [3.05, 3.63) is 71.4 Å². The van der Waals surface area contributed by atoms with E-state index in [-0.39, 0.29) is 5.95 Å². The van der Waals surface area contributed by atoms with E-state index in [2.05, 4.69) is 9.97 Å². The minimum Gasteiger partial charge on any atom is -0.497 e. The lowest BCUT2D eigenvalue weighted by atomic mass is 10.1. The summed E-state index contributed by atoms with van der Waals surface area (Å²) in [7, 11) is 4.25. The van der Waals surface area contributed by atoms with Gasteiger partial charge in [0, 0.05) is 19.3 Å². The van der Waals surface area contributed by atoms with Crippen molar-refractivity contribution in [1.82, 2.24) is 9.97 Å². The number of anilines is 1. The predicted octanol–water partition coefficient (Wildman–Crippen LogP) is 4.64. The van der Waals surface area contributed by atoms with Crippen LogP contribution < -0.4 is 19.1 Å². The van der Waals surface area contributed by atoms with Crippen molar-refractivity contribution in [3.63, 3.8) is 0 Å². The van der Waals surface area contributed by atoms with Gasteiger partial charge in [-0.2, -0.15) is 13.8 Å². The molecule has 1 heterocycles. The van der Waals surface area contributed by atoms with E-state index in [0.29, 0.717) is 24.6 Å². The summed E-state index contributed by atoms with van der Waals surface area (Å²) in [6.07, 6.45) is -6.05. The highest BCUT2D eigenvalue weighted by Gasteiger charge is 2.50.